The molecule has 0 bridgehead atoms. The molecule has 3 aromatic rings. The van der Waals surface area contributed by atoms with Gasteiger partial charge in [-0.2, -0.15) is 0 Å². The van der Waals surface area contributed by atoms with E-state index in [4.69, 9.17) is 4.42 Å². The molecule has 4 rings (SSSR count). The van der Waals surface area contributed by atoms with Crippen molar-refractivity contribution in [3.05, 3.63) is 54.6 Å². The number of hydrogen-bond donors (Lipinski definition) is 1. The van der Waals surface area contributed by atoms with Crippen LogP contribution in [-0.2, 0) is 6.54 Å². The number of nitrogens with zero attached hydrogens (tertiary/aromatic N) is 4. The Hall–Kier alpha value is -2.60. The molecule has 0 aliphatic carbocycles. The quantitative estimate of drug-likeness (QED) is 0.589. The van der Waals surface area contributed by atoms with Crippen LogP contribution in [0.3, 0.4) is 0 Å². The number of hydrogen-bond acceptors (Lipinski definition) is 5. The van der Waals surface area contributed by atoms with Crippen molar-refractivity contribution < 1.29 is 14.4 Å². The molecule has 1 fully saturated rings. The average molecular weight is 311 g/mol. The van der Waals surface area contributed by atoms with Crippen LogP contribution >= 0.6 is 0 Å². The van der Waals surface area contributed by atoms with Crippen LogP contribution in [0.25, 0.3) is 11.1 Å². The molecule has 0 amide bonds. The van der Waals surface area contributed by atoms with Crippen molar-refractivity contribution in [3.63, 3.8) is 0 Å². The second kappa shape index (κ2) is 5.89. The van der Waals surface area contributed by atoms with Gasteiger partial charge in [0.25, 0.3) is 0 Å². The Morgan fingerprint density at radius 3 is 2.78 bits per heavy atom. The van der Waals surface area contributed by atoms with Gasteiger partial charge in [-0.25, -0.2) is 0 Å². The molecule has 0 spiro atoms. The molecular weight excluding hydrogens is 292 g/mol. The zero-order valence-electron chi connectivity index (χ0n) is 12.8. The lowest BCUT2D eigenvalue weighted by Crippen LogP contribution is -2.50. The van der Waals surface area contributed by atoms with Crippen LogP contribution in [0.2, 0.25) is 0 Å². The number of rotatable bonds is 3. The van der Waals surface area contributed by atoms with E-state index in [1.165, 1.54) is 4.73 Å². The standard InChI is InChI=1S/C17H19N4O2/c22-21-7-2-1-5-17(21)20-10-8-19(9-11-20)13-14-12-15-16(23-14)4-3-6-18-15/h1-7,12,22H,8-11,13H2/q+1. The summed E-state index contributed by atoms with van der Waals surface area (Å²) in [5, 5.41) is 9.88. The summed E-state index contributed by atoms with van der Waals surface area (Å²) in [6.45, 7) is 4.41. The Balaban J connectivity index is 1.41. The molecule has 0 radical (unpaired) electrons. The van der Waals surface area contributed by atoms with Crippen molar-refractivity contribution in [3.8, 4) is 0 Å². The number of furan rings is 1. The van der Waals surface area contributed by atoms with Gasteiger partial charge in [-0.1, -0.05) is 10.8 Å². The summed E-state index contributed by atoms with van der Waals surface area (Å²) in [4.78, 5) is 8.86. The smallest absolute Gasteiger partial charge is 0.316 e. The van der Waals surface area contributed by atoms with E-state index < -0.39 is 0 Å². The van der Waals surface area contributed by atoms with Crippen molar-refractivity contribution in [2.45, 2.75) is 6.54 Å². The van der Waals surface area contributed by atoms with Crippen molar-refractivity contribution in [2.75, 3.05) is 31.1 Å². The maximum Gasteiger partial charge on any atom is 0.316 e. The van der Waals surface area contributed by atoms with E-state index in [1.54, 1.807) is 12.4 Å². The van der Waals surface area contributed by atoms with Crippen molar-refractivity contribution in [1.82, 2.24) is 9.88 Å². The predicted molar refractivity (Wildman–Crippen MR) is 85.3 cm³/mol. The van der Waals surface area contributed by atoms with E-state index in [1.807, 2.05) is 36.4 Å². The highest BCUT2D eigenvalue weighted by atomic mass is 16.5. The van der Waals surface area contributed by atoms with Crippen LogP contribution in [-0.4, -0.2) is 41.3 Å². The highest BCUT2D eigenvalue weighted by Crippen LogP contribution is 2.19. The minimum Gasteiger partial charge on any atom is -0.458 e. The lowest BCUT2D eigenvalue weighted by molar-refractivity contribution is -0.894. The average Bonchev–Trinajstić information content (AvgIpc) is 2.98. The third kappa shape index (κ3) is 2.85. The highest BCUT2D eigenvalue weighted by Gasteiger charge is 2.25. The molecule has 6 heteroatoms. The van der Waals surface area contributed by atoms with E-state index in [0.29, 0.717) is 0 Å². The topological polar surface area (TPSA) is 56.6 Å². The highest BCUT2D eigenvalue weighted by molar-refractivity contribution is 5.72. The lowest BCUT2D eigenvalue weighted by atomic mass is 10.3. The minimum atomic E-state index is 0.790. The number of piperazine rings is 1. The molecule has 1 saturated heterocycles. The summed E-state index contributed by atoms with van der Waals surface area (Å²) < 4.78 is 7.02. The summed E-state index contributed by atoms with van der Waals surface area (Å²) in [5.74, 6) is 1.78. The molecule has 6 nitrogen and oxygen atoms in total. The third-order valence-electron chi connectivity index (χ3n) is 4.23. The molecule has 4 heterocycles. The van der Waals surface area contributed by atoms with Crippen LogP contribution in [0.1, 0.15) is 5.76 Å². The van der Waals surface area contributed by atoms with E-state index >= 15 is 0 Å². The Morgan fingerprint density at radius 2 is 2.00 bits per heavy atom. The van der Waals surface area contributed by atoms with Gasteiger partial charge in [-0.15, -0.1) is 0 Å². The Labute approximate surface area is 134 Å². The first-order chi connectivity index (χ1) is 11.3. The first kappa shape index (κ1) is 14.0. The van der Waals surface area contributed by atoms with E-state index in [0.717, 1.165) is 55.4 Å². The lowest BCUT2D eigenvalue weighted by Gasteiger charge is -2.30. The molecule has 1 aliphatic rings. The molecule has 0 saturated carbocycles. The van der Waals surface area contributed by atoms with Gasteiger partial charge >= 0.3 is 5.82 Å². The fourth-order valence-corrected chi connectivity index (χ4v) is 3.03. The first-order valence-electron chi connectivity index (χ1n) is 7.80. The van der Waals surface area contributed by atoms with E-state index in [9.17, 15) is 5.21 Å². The Bertz CT molecular complexity index is 776. The van der Waals surface area contributed by atoms with Gasteiger partial charge < -0.3 is 9.62 Å². The predicted octanol–water partition coefficient (Wildman–Crippen LogP) is 1.67. The van der Waals surface area contributed by atoms with Gasteiger partial charge in [0.1, 0.15) is 17.5 Å². The zero-order chi connectivity index (χ0) is 15.6. The number of pyridine rings is 2. The van der Waals surface area contributed by atoms with Crippen LogP contribution in [0.4, 0.5) is 5.82 Å². The molecule has 0 aromatic carbocycles. The van der Waals surface area contributed by atoms with Gasteiger partial charge in [-0.05, 0) is 18.2 Å². The van der Waals surface area contributed by atoms with Gasteiger partial charge in [0.15, 0.2) is 5.58 Å². The van der Waals surface area contributed by atoms with Crippen molar-refractivity contribution >= 4 is 16.9 Å². The number of fused-ring (bicyclic) bond motifs is 1. The monoisotopic (exact) mass is 311 g/mol. The van der Waals surface area contributed by atoms with Crippen molar-refractivity contribution in [1.29, 1.82) is 0 Å². The van der Waals surface area contributed by atoms with Crippen molar-refractivity contribution in [2.24, 2.45) is 0 Å². The molecule has 1 N–H and O–H groups in total. The summed E-state index contributed by atoms with van der Waals surface area (Å²) in [6, 6.07) is 11.5. The molecule has 118 valence electrons. The Morgan fingerprint density at radius 1 is 1.13 bits per heavy atom. The molecule has 3 aromatic heterocycles. The van der Waals surface area contributed by atoms with E-state index in [-0.39, 0.29) is 0 Å². The van der Waals surface area contributed by atoms with Crippen LogP contribution < -0.4 is 9.63 Å². The largest absolute Gasteiger partial charge is 0.458 e. The van der Waals surface area contributed by atoms with Crippen LogP contribution in [0.15, 0.2) is 53.2 Å². The van der Waals surface area contributed by atoms with E-state index in [2.05, 4.69) is 14.8 Å². The summed E-state index contributed by atoms with van der Waals surface area (Å²) in [6.07, 6.45) is 3.44. The molecule has 1 aliphatic heterocycles. The normalized spacial score (nSPS) is 16.1. The van der Waals surface area contributed by atoms with Crippen LogP contribution in [0, 0.1) is 0 Å². The molecular formula is C17H19N4O2+. The summed E-state index contributed by atoms with van der Waals surface area (Å²) in [5.41, 5.74) is 1.75. The fraction of sp³-hybridized carbons (Fsp3) is 0.294. The molecule has 0 unspecified atom stereocenters. The maximum absolute atomic E-state index is 9.88. The fourth-order valence-electron chi connectivity index (χ4n) is 3.03. The van der Waals surface area contributed by atoms with Crippen LogP contribution in [0.5, 0.6) is 0 Å². The van der Waals surface area contributed by atoms with Gasteiger partial charge in [0, 0.05) is 31.4 Å². The number of aromatic nitrogens is 2. The van der Waals surface area contributed by atoms with Gasteiger partial charge in [0.2, 0.25) is 0 Å². The summed E-state index contributed by atoms with van der Waals surface area (Å²) in [7, 11) is 0. The maximum atomic E-state index is 9.88. The number of anilines is 1. The second-order valence-electron chi connectivity index (χ2n) is 5.77. The molecule has 0 atom stereocenters. The van der Waals surface area contributed by atoms with Gasteiger partial charge in [0.05, 0.1) is 19.6 Å². The minimum absolute atomic E-state index is 0.790. The third-order valence-corrected chi connectivity index (χ3v) is 4.23. The first-order valence-corrected chi connectivity index (χ1v) is 7.80. The molecule has 23 heavy (non-hydrogen) atoms. The second-order valence-corrected chi connectivity index (χ2v) is 5.77. The SMILES string of the molecule is O[n+]1ccccc1N1CCN(Cc2cc3ncccc3o2)CC1. The summed E-state index contributed by atoms with van der Waals surface area (Å²) >= 11 is 0. The zero-order valence-corrected chi connectivity index (χ0v) is 12.8. The van der Waals surface area contributed by atoms with Gasteiger partial charge in [-0.3, -0.25) is 14.8 Å². The Kier molecular flexibility index (Phi) is 3.59.